The van der Waals surface area contributed by atoms with Crippen LogP contribution in [-0.2, 0) is 6.42 Å². The van der Waals surface area contributed by atoms with Gasteiger partial charge in [-0.05, 0) is 74.5 Å². The predicted molar refractivity (Wildman–Crippen MR) is 153 cm³/mol. The summed E-state index contributed by atoms with van der Waals surface area (Å²) in [5.74, 6) is -0.923. The van der Waals surface area contributed by atoms with Crippen LogP contribution in [0.3, 0.4) is 0 Å². The van der Waals surface area contributed by atoms with Gasteiger partial charge in [0, 0.05) is 48.5 Å². The molecule has 1 atom stereocenters. The molecule has 4 heterocycles. The number of likely N-dealkylation sites (tertiary alicyclic amines) is 1. The van der Waals surface area contributed by atoms with Crippen molar-refractivity contribution >= 4 is 40.4 Å². The Kier molecular flexibility index (Phi) is 7.82. The Morgan fingerprint density at radius 2 is 1.72 bits per heavy atom. The quantitative estimate of drug-likeness (QED) is 0.250. The normalized spacial score (nSPS) is 18.1. The molecule has 2 fully saturated rings. The van der Waals surface area contributed by atoms with Gasteiger partial charge in [-0.2, -0.15) is 0 Å². The van der Waals surface area contributed by atoms with E-state index in [4.69, 9.17) is 34.3 Å². The average molecular weight is 574 g/mol. The van der Waals surface area contributed by atoms with E-state index in [0.717, 1.165) is 13.1 Å². The summed E-state index contributed by atoms with van der Waals surface area (Å²) >= 11 is 12.6. The van der Waals surface area contributed by atoms with Crippen LogP contribution < -0.4 is 10.6 Å². The molecule has 3 N–H and O–H groups in total. The Morgan fingerprint density at radius 1 is 1.05 bits per heavy atom. The minimum atomic E-state index is -0.494. The summed E-state index contributed by atoms with van der Waals surface area (Å²) < 4.78 is 30.1. The lowest BCUT2D eigenvalue weighted by Gasteiger charge is -2.55. The molecular formula is C29H32Cl2F2N6. The second-order valence-electron chi connectivity index (χ2n) is 11.0. The van der Waals surface area contributed by atoms with E-state index in [9.17, 15) is 4.39 Å². The lowest BCUT2D eigenvalue weighted by molar-refractivity contribution is 0.0553. The van der Waals surface area contributed by atoms with Crippen LogP contribution >= 0.6 is 23.2 Å². The van der Waals surface area contributed by atoms with Crippen molar-refractivity contribution in [2.45, 2.75) is 51.0 Å². The fraction of sp³-hybridized carbons (Fsp3) is 0.414. The van der Waals surface area contributed by atoms with E-state index in [0.29, 0.717) is 39.8 Å². The topological polar surface area (TPSA) is 82.1 Å². The number of anilines is 2. The van der Waals surface area contributed by atoms with Crippen molar-refractivity contribution in [3.63, 3.8) is 0 Å². The maximum atomic E-state index is 15.2. The molecule has 0 bridgehead atoms. The second kappa shape index (κ2) is 11.0. The van der Waals surface area contributed by atoms with Gasteiger partial charge in [0.15, 0.2) is 11.6 Å². The average Bonchev–Trinajstić information content (AvgIpc) is 2.88. The van der Waals surface area contributed by atoms with Gasteiger partial charge in [0.05, 0.1) is 21.3 Å². The predicted octanol–water partition coefficient (Wildman–Crippen LogP) is 6.47. The first kappa shape index (κ1) is 27.7. The minimum absolute atomic E-state index is 0.0268. The Labute approximate surface area is 237 Å². The van der Waals surface area contributed by atoms with E-state index in [1.54, 1.807) is 0 Å². The molecule has 2 aromatic heterocycles. The highest BCUT2D eigenvalue weighted by Crippen LogP contribution is 2.36. The van der Waals surface area contributed by atoms with Crippen molar-refractivity contribution in [2.24, 2.45) is 0 Å². The highest BCUT2D eigenvalue weighted by Gasteiger charge is 2.45. The SMILES string of the molecule is C[C@@H](Cc1cc(C(=N)c2cnc(N3CC(C)(N4CCCCC4)C3)c(F)c2)c(N)cc1F)c1c(Cl)cncc1Cl. The number of halogens is 4. The number of rotatable bonds is 7. The zero-order valence-corrected chi connectivity index (χ0v) is 23.6. The summed E-state index contributed by atoms with van der Waals surface area (Å²) in [7, 11) is 0. The molecule has 2 aliphatic heterocycles. The largest absolute Gasteiger partial charge is 0.398 e. The maximum absolute atomic E-state index is 15.2. The molecule has 0 saturated carbocycles. The first-order valence-electron chi connectivity index (χ1n) is 13.2. The van der Waals surface area contributed by atoms with E-state index in [1.165, 1.54) is 56.1 Å². The lowest BCUT2D eigenvalue weighted by Crippen LogP contribution is -2.69. The molecule has 0 amide bonds. The van der Waals surface area contributed by atoms with E-state index in [2.05, 4.69) is 21.8 Å². The molecule has 1 aromatic carbocycles. The van der Waals surface area contributed by atoms with E-state index >= 15 is 4.39 Å². The van der Waals surface area contributed by atoms with Crippen molar-refractivity contribution in [1.29, 1.82) is 5.41 Å². The van der Waals surface area contributed by atoms with Gasteiger partial charge in [-0.15, -0.1) is 0 Å². The van der Waals surface area contributed by atoms with E-state index < -0.39 is 11.6 Å². The Bertz CT molecular complexity index is 1380. The summed E-state index contributed by atoms with van der Waals surface area (Å²) in [4.78, 5) is 12.8. The number of benzene rings is 1. The van der Waals surface area contributed by atoms with Crippen LogP contribution in [-0.4, -0.2) is 52.3 Å². The van der Waals surface area contributed by atoms with E-state index in [-0.39, 0.29) is 40.7 Å². The van der Waals surface area contributed by atoms with Crippen LogP contribution in [0, 0.1) is 17.0 Å². The molecule has 2 saturated heterocycles. The monoisotopic (exact) mass is 572 g/mol. The van der Waals surface area contributed by atoms with Gasteiger partial charge in [0.1, 0.15) is 5.82 Å². The number of pyridine rings is 2. The maximum Gasteiger partial charge on any atom is 0.166 e. The first-order chi connectivity index (χ1) is 18.6. The van der Waals surface area contributed by atoms with Gasteiger partial charge in [-0.1, -0.05) is 36.5 Å². The van der Waals surface area contributed by atoms with Crippen LogP contribution in [0.5, 0.6) is 0 Å². The van der Waals surface area contributed by atoms with Crippen LogP contribution in [0.15, 0.2) is 36.8 Å². The number of aromatic nitrogens is 2. The molecular weight excluding hydrogens is 541 g/mol. The number of nitrogens with zero attached hydrogens (tertiary/aromatic N) is 4. The molecule has 0 radical (unpaired) electrons. The fourth-order valence-corrected chi connectivity index (χ4v) is 6.58. The molecule has 39 heavy (non-hydrogen) atoms. The van der Waals surface area contributed by atoms with E-state index in [1.807, 2.05) is 11.8 Å². The van der Waals surface area contributed by atoms with Gasteiger partial charge in [0.2, 0.25) is 0 Å². The van der Waals surface area contributed by atoms with Crippen LogP contribution in [0.25, 0.3) is 0 Å². The molecule has 0 aliphatic carbocycles. The summed E-state index contributed by atoms with van der Waals surface area (Å²) in [6, 6.07) is 4.04. The third kappa shape index (κ3) is 5.47. The number of nitrogens with two attached hydrogens (primary N) is 1. The number of hydrogen-bond donors (Lipinski definition) is 2. The fourth-order valence-electron chi connectivity index (χ4n) is 5.85. The van der Waals surface area contributed by atoms with Crippen molar-refractivity contribution in [1.82, 2.24) is 14.9 Å². The Morgan fingerprint density at radius 3 is 2.36 bits per heavy atom. The highest BCUT2D eigenvalue weighted by molar-refractivity contribution is 6.35. The Balaban J connectivity index is 1.33. The summed E-state index contributed by atoms with van der Waals surface area (Å²) in [5.41, 5.74) is 7.81. The standard InChI is InChI=1S/C29H32Cl2F2N6/c1-17(26-21(30)13-36-14-22(26)31)8-18-9-20(25(34)11-23(18)32)27(35)19-10-24(33)28(37-12-19)38-15-29(2,16-38)39-6-4-3-5-7-39/h9-14,17,35H,3-8,15-16,34H2,1-2H3/t17-/m0/s1. The number of nitrogens with one attached hydrogen (secondary N) is 1. The lowest BCUT2D eigenvalue weighted by atomic mass is 9.88. The summed E-state index contributed by atoms with van der Waals surface area (Å²) in [5, 5.41) is 9.55. The third-order valence-electron chi connectivity index (χ3n) is 7.99. The molecule has 2 aliphatic rings. The number of piperidine rings is 1. The molecule has 0 spiro atoms. The smallest absolute Gasteiger partial charge is 0.166 e. The third-order valence-corrected chi connectivity index (χ3v) is 8.59. The zero-order chi connectivity index (χ0) is 27.9. The molecule has 206 valence electrons. The van der Waals surface area contributed by atoms with Crippen LogP contribution in [0.2, 0.25) is 10.0 Å². The van der Waals surface area contributed by atoms with Crippen molar-refractivity contribution in [2.75, 3.05) is 36.8 Å². The number of nitrogen functional groups attached to an aromatic ring is 1. The molecule has 3 aromatic rings. The molecule has 5 rings (SSSR count). The van der Waals surface area contributed by atoms with Gasteiger partial charge in [-0.25, -0.2) is 13.8 Å². The minimum Gasteiger partial charge on any atom is -0.398 e. The summed E-state index contributed by atoms with van der Waals surface area (Å²) in [6.45, 7) is 7.70. The van der Waals surface area contributed by atoms with Crippen LogP contribution in [0.4, 0.5) is 20.3 Å². The van der Waals surface area contributed by atoms with Crippen LogP contribution in [0.1, 0.15) is 61.3 Å². The molecule has 0 unspecified atom stereocenters. The second-order valence-corrected chi connectivity index (χ2v) is 11.8. The van der Waals surface area contributed by atoms with Crippen molar-refractivity contribution < 1.29 is 8.78 Å². The zero-order valence-electron chi connectivity index (χ0n) is 22.1. The van der Waals surface area contributed by atoms with Crippen molar-refractivity contribution in [3.8, 4) is 0 Å². The first-order valence-corrected chi connectivity index (χ1v) is 13.9. The van der Waals surface area contributed by atoms with Gasteiger partial charge in [0.25, 0.3) is 0 Å². The van der Waals surface area contributed by atoms with Gasteiger partial charge in [-0.3, -0.25) is 15.3 Å². The highest BCUT2D eigenvalue weighted by atomic mass is 35.5. The molecule has 6 nitrogen and oxygen atoms in total. The van der Waals surface area contributed by atoms with Gasteiger partial charge < -0.3 is 10.6 Å². The number of hydrogen-bond acceptors (Lipinski definition) is 6. The summed E-state index contributed by atoms with van der Waals surface area (Å²) in [6.07, 6.45) is 8.44. The molecule has 10 heteroatoms. The Hall–Kier alpha value is -2.81. The van der Waals surface area contributed by atoms with Gasteiger partial charge >= 0.3 is 0 Å². The van der Waals surface area contributed by atoms with Crippen molar-refractivity contribution in [3.05, 3.63) is 80.7 Å².